The van der Waals surface area contributed by atoms with Crippen molar-refractivity contribution in [1.29, 1.82) is 0 Å². The first-order valence-electron chi connectivity index (χ1n) is 5.80. The molecule has 7 nitrogen and oxygen atoms in total. The Morgan fingerprint density at radius 1 is 1.11 bits per heavy atom. The average molecular weight is 273 g/mol. The predicted octanol–water partition coefficient (Wildman–Crippen LogP) is 0.139. The van der Waals surface area contributed by atoms with Crippen molar-refractivity contribution in [2.45, 2.75) is 6.10 Å². The lowest BCUT2D eigenvalue weighted by atomic mass is 10.3. The molecule has 0 N–H and O–H groups in total. The van der Waals surface area contributed by atoms with E-state index in [-0.39, 0.29) is 17.4 Å². The van der Waals surface area contributed by atoms with Gasteiger partial charge in [0, 0.05) is 13.1 Å². The molecule has 1 aromatic heterocycles. The molecule has 2 saturated heterocycles. The van der Waals surface area contributed by atoms with Gasteiger partial charge in [0.25, 0.3) is 0 Å². The van der Waals surface area contributed by atoms with Crippen LogP contribution in [-0.2, 0) is 9.47 Å². The molecule has 3 rings (SSSR count). The average Bonchev–Trinajstić information content (AvgIpc) is 2.34. The number of morpholine rings is 1. The summed E-state index contributed by atoms with van der Waals surface area (Å²) in [5.74, 6) is 0.536. The number of nitrogens with zero attached hydrogens (tertiary/aromatic N) is 4. The van der Waals surface area contributed by atoms with E-state index >= 15 is 0 Å². The molecule has 0 aromatic carbocycles. The van der Waals surface area contributed by atoms with Crippen LogP contribution in [0.5, 0.6) is 6.01 Å². The Morgan fingerprint density at radius 2 is 1.89 bits per heavy atom. The van der Waals surface area contributed by atoms with Gasteiger partial charge >= 0.3 is 6.01 Å². The molecule has 0 atom stereocenters. The van der Waals surface area contributed by atoms with Crippen molar-refractivity contribution >= 4 is 17.5 Å². The molecule has 0 spiro atoms. The van der Waals surface area contributed by atoms with Gasteiger partial charge in [-0.25, -0.2) is 0 Å². The topological polar surface area (TPSA) is 69.6 Å². The van der Waals surface area contributed by atoms with Gasteiger partial charge in [-0.2, -0.15) is 15.0 Å². The minimum atomic E-state index is 0.0148. The Kier molecular flexibility index (Phi) is 3.44. The SMILES string of the molecule is Clc1nc(OC2COC2)nc(N2CCOCC2)n1. The third-order valence-corrected chi connectivity index (χ3v) is 2.92. The van der Waals surface area contributed by atoms with E-state index in [9.17, 15) is 0 Å². The second kappa shape index (κ2) is 5.21. The van der Waals surface area contributed by atoms with Gasteiger partial charge in [-0.3, -0.25) is 0 Å². The summed E-state index contributed by atoms with van der Waals surface area (Å²) in [6, 6.07) is 0.254. The lowest BCUT2D eigenvalue weighted by Crippen LogP contribution is -2.40. The van der Waals surface area contributed by atoms with Gasteiger partial charge in [-0.05, 0) is 11.6 Å². The molecule has 2 fully saturated rings. The number of hydrogen-bond acceptors (Lipinski definition) is 7. The van der Waals surface area contributed by atoms with Crippen LogP contribution in [0, 0.1) is 0 Å². The first-order chi connectivity index (χ1) is 8.81. The zero-order valence-corrected chi connectivity index (χ0v) is 10.5. The lowest BCUT2D eigenvalue weighted by Gasteiger charge is -2.28. The van der Waals surface area contributed by atoms with Crippen molar-refractivity contribution in [3.05, 3.63) is 5.28 Å². The molecule has 8 heteroatoms. The van der Waals surface area contributed by atoms with Crippen LogP contribution in [0.3, 0.4) is 0 Å². The molecule has 2 aliphatic rings. The Balaban J connectivity index is 1.75. The molecule has 0 aliphatic carbocycles. The highest BCUT2D eigenvalue weighted by Gasteiger charge is 2.23. The molecular formula is C10H13ClN4O3. The minimum Gasteiger partial charge on any atom is -0.455 e. The summed E-state index contributed by atoms with van der Waals surface area (Å²) in [4.78, 5) is 14.3. The van der Waals surface area contributed by atoms with Gasteiger partial charge in [0.1, 0.15) is 6.10 Å². The maximum atomic E-state index is 5.88. The summed E-state index contributed by atoms with van der Waals surface area (Å²) in [7, 11) is 0. The fourth-order valence-corrected chi connectivity index (χ4v) is 1.86. The Morgan fingerprint density at radius 3 is 2.56 bits per heavy atom. The summed E-state index contributed by atoms with van der Waals surface area (Å²) in [6.07, 6.45) is 0.0148. The molecule has 18 heavy (non-hydrogen) atoms. The highest BCUT2D eigenvalue weighted by Crippen LogP contribution is 2.18. The van der Waals surface area contributed by atoms with Crippen LogP contribution in [0.2, 0.25) is 5.28 Å². The third-order valence-electron chi connectivity index (χ3n) is 2.75. The Bertz CT molecular complexity index is 424. The zero-order valence-electron chi connectivity index (χ0n) is 9.71. The van der Waals surface area contributed by atoms with E-state index in [0.29, 0.717) is 32.4 Å². The third kappa shape index (κ3) is 2.63. The predicted molar refractivity (Wildman–Crippen MR) is 63.1 cm³/mol. The van der Waals surface area contributed by atoms with Crippen LogP contribution >= 0.6 is 11.6 Å². The quantitative estimate of drug-likeness (QED) is 0.775. The molecular weight excluding hydrogens is 260 g/mol. The van der Waals surface area contributed by atoms with E-state index < -0.39 is 0 Å². The molecule has 0 bridgehead atoms. The summed E-state index contributed by atoms with van der Waals surface area (Å²) < 4.78 is 15.8. The van der Waals surface area contributed by atoms with E-state index in [4.69, 9.17) is 25.8 Å². The first kappa shape index (κ1) is 11.9. The van der Waals surface area contributed by atoms with Crippen molar-refractivity contribution in [2.24, 2.45) is 0 Å². The second-order valence-corrected chi connectivity index (χ2v) is 4.40. The molecule has 98 valence electrons. The Labute approximate surface area is 109 Å². The molecule has 0 amide bonds. The van der Waals surface area contributed by atoms with Gasteiger partial charge in [0.05, 0.1) is 26.4 Å². The molecule has 3 heterocycles. The molecule has 0 unspecified atom stereocenters. The number of halogens is 1. The number of aromatic nitrogens is 3. The highest BCUT2D eigenvalue weighted by atomic mass is 35.5. The van der Waals surface area contributed by atoms with Crippen LogP contribution < -0.4 is 9.64 Å². The largest absolute Gasteiger partial charge is 0.455 e. The van der Waals surface area contributed by atoms with Gasteiger partial charge in [-0.15, -0.1) is 0 Å². The lowest BCUT2D eigenvalue weighted by molar-refractivity contribution is -0.0831. The fourth-order valence-electron chi connectivity index (χ4n) is 1.71. The molecule has 1 aromatic rings. The monoisotopic (exact) mass is 272 g/mol. The number of rotatable bonds is 3. The van der Waals surface area contributed by atoms with Crippen LogP contribution in [0.4, 0.5) is 5.95 Å². The first-order valence-corrected chi connectivity index (χ1v) is 6.18. The fraction of sp³-hybridized carbons (Fsp3) is 0.700. The summed E-state index contributed by atoms with van der Waals surface area (Å²) in [5, 5.41) is 0.140. The van der Waals surface area contributed by atoms with E-state index in [1.54, 1.807) is 0 Å². The summed E-state index contributed by atoms with van der Waals surface area (Å²) >= 11 is 5.88. The number of hydrogen-bond donors (Lipinski definition) is 0. The van der Waals surface area contributed by atoms with Crippen molar-refractivity contribution in [3.8, 4) is 6.01 Å². The Hall–Kier alpha value is -1.18. The van der Waals surface area contributed by atoms with Gasteiger partial charge in [-0.1, -0.05) is 0 Å². The summed E-state index contributed by atoms with van der Waals surface area (Å²) in [5.41, 5.74) is 0. The second-order valence-electron chi connectivity index (χ2n) is 4.06. The van der Waals surface area contributed by atoms with Gasteiger partial charge in [0.15, 0.2) is 0 Å². The maximum Gasteiger partial charge on any atom is 0.323 e. The van der Waals surface area contributed by atoms with E-state index in [0.717, 1.165) is 13.1 Å². The van der Waals surface area contributed by atoms with Gasteiger partial charge < -0.3 is 19.1 Å². The van der Waals surface area contributed by atoms with Crippen LogP contribution in [0.25, 0.3) is 0 Å². The molecule has 2 aliphatic heterocycles. The van der Waals surface area contributed by atoms with E-state index in [1.807, 2.05) is 4.90 Å². The number of anilines is 1. The van der Waals surface area contributed by atoms with Crippen molar-refractivity contribution in [2.75, 3.05) is 44.4 Å². The molecule has 0 radical (unpaired) electrons. The van der Waals surface area contributed by atoms with E-state index in [2.05, 4.69) is 15.0 Å². The standard InChI is InChI=1S/C10H13ClN4O3/c11-8-12-9(15-1-3-16-4-2-15)14-10(13-8)18-7-5-17-6-7/h7H,1-6H2. The smallest absolute Gasteiger partial charge is 0.323 e. The minimum absolute atomic E-state index is 0.0148. The highest BCUT2D eigenvalue weighted by molar-refractivity contribution is 6.28. The summed E-state index contributed by atoms with van der Waals surface area (Å²) in [6.45, 7) is 3.94. The zero-order chi connectivity index (χ0) is 12.4. The van der Waals surface area contributed by atoms with E-state index in [1.165, 1.54) is 0 Å². The number of ether oxygens (including phenoxy) is 3. The van der Waals surface area contributed by atoms with Crippen molar-refractivity contribution in [1.82, 2.24) is 15.0 Å². The maximum absolute atomic E-state index is 5.88. The van der Waals surface area contributed by atoms with Crippen molar-refractivity contribution in [3.63, 3.8) is 0 Å². The van der Waals surface area contributed by atoms with Gasteiger partial charge in [0.2, 0.25) is 11.2 Å². The molecule has 0 saturated carbocycles. The van der Waals surface area contributed by atoms with Crippen LogP contribution in [0.15, 0.2) is 0 Å². The van der Waals surface area contributed by atoms with Crippen LogP contribution in [0.1, 0.15) is 0 Å². The normalized spacial score (nSPS) is 20.6. The van der Waals surface area contributed by atoms with Crippen molar-refractivity contribution < 1.29 is 14.2 Å². The van der Waals surface area contributed by atoms with Crippen LogP contribution in [-0.4, -0.2) is 60.6 Å².